The molecular weight excluding hydrogens is 218 g/mol. The summed E-state index contributed by atoms with van der Waals surface area (Å²) >= 11 is 0. The van der Waals surface area contributed by atoms with Crippen molar-refractivity contribution in [3.8, 4) is 0 Å². The largest absolute Gasteiger partial charge is 0.481 e. The summed E-state index contributed by atoms with van der Waals surface area (Å²) in [5.74, 6) is -0.964. The summed E-state index contributed by atoms with van der Waals surface area (Å²) in [5.41, 5.74) is 1.33. The zero-order chi connectivity index (χ0) is 12.8. The third kappa shape index (κ3) is 4.26. The lowest BCUT2D eigenvalue weighted by molar-refractivity contribution is -0.136. The molecule has 0 fully saturated rings. The number of carbonyl (C=O) groups excluding carboxylic acids is 1. The van der Waals surface area contributed by atoms with Crippen LogP contribution >= 0.6 is 0 Å². The number of nitrogens with one attached hydrogen (secondary N) is 1. The van der Waals surface area contributed by atoms with Gasteiger partial charge in [0.15, 0.2) is 0 Å². The minimum atomic E-state index is -0.879. The fourth-order valence-electron chi connectivity index (χ4n) is 1.38. The zero-order valence-corrected chi connectivity index (χ0v) is 10.1. The molecule has 4 nitrogen and oxygen atoms in total. The van der Waals surface area contributed by atoms with Gasteiger partial charge in [-0.2, -0.15) is 0 Å². The number of hydrogen-bond acceptors (Lipinski definition) is 2. The van der Waals surface area contributed by atoms with Crippen LogP contribution in [0.3, 0.4) is 0 Å². The molecule has 0 aliphatic heterocycles. The molecule has 0 saturated carbocycles. The van der Waals surface area contributed by atoms with Crippen LogP contribution in [0.1, 0.15) is 25.8 Å². The van der Waals surface area contributed by atoms with Crippen molar-refractivity contribution in [3.63, 3.8) is 0 Å². The van der Waals surface area contributed by atoms with Crippen molar-refractivity contribution in [2.24, 2.45) is 5.92 Å². The Morgan fingerprint density at radius 3 is 2.71 bits per heavy atom. The van der Waals surface area contributed by atoms with Gasteiger partial charge in [0.25, 0.3) is 0 Å². The number of carboxylic acid groups (broad SMARTS) is 1. The Bertz CT molecular complexity index is 415. The second kappa shape index (κ2) is 6.03. The van der Waals surface area contributed by atoms with Crippen LogP contribution in [-0.4, -0.2) is 17.0 Å². The third-order valence-corrected chi connectivity index (χ3v) is 2.61. The first-order chi connectivity index (χ1) is 8.02. The Kier molecular flexibility index (Phi) is 4.69. The molecule has 17 heavy (non-hydrogen) atoms. The van der Waals surface area contributed by atoms with E-state index in [1.807, 2.05) is 13.8 Å². The quantitative estimate of drug-likeness (QED) is 0.822. The molecule has 0 aromatic heterocycles. The second-order valence-corrected chi connectivity index (χ2v) is 4.07. The predicted molar refractivity (Wildman–Crippen MR) is 65.9 cm³/mol. The Balaban J connectivity index is 2.72. The minimum absolute atomic E-state index is 0.0347. The van der Waals surface area contributed by atoms with Crippen LogP contribution in [0.25, 0.3) is 0 Å². The normalized spacial score (nSPS) is 11.9. The van der Waals surface area contributed by atoms with Gasteiger partial charge in [0.05, 0.1) is 6.42 Å². The van der Waals surface area contributed by atoms with E-state index < -0.39 is 5.97 Å². The molecule has 0 spiro atoms. The summed E-state index contributed by atoms with van der Waals surface area (Å²) in [4.78, 5) is 22.2. The van der Waals surface area contributed by atoms with Crippen molar-refractivity contribution < 1.29 is 14.7 Å². The molecule has 0 bridgehead atoms. The van der Waals surface area contributed by atoms with E-state index in [0.717, 1.165) is 6.42 Å². The summed E-state index contributed by atoms with van der Waals surface area (Å²) in [6, 6.07) is 6.91. The summed E-state index contributed by atoms with van der Waals surface area (Å²) in [5, 5.41) is 11.5. The number of anilines is 1. The molecule has 1 amide bonds. The summed E-state index contributed by atoms with van der Waals surface area (Å²) in [7, 11) is 0. The van der Waals surface area contributed by atoms with Gasteiger partial charge in [-0.15, -0.1) is 0 Å². The van der Waals surface area contributed by atoms with E-state index in [2.05, 4.69) is 5.32 Å². The molecule has 1 unspecified atom stereocenters. The molecule has 1 aromatic rings. The summed E-state index contributed by atoms with van der Waals surface area (Å²) < 4.78 is 0. The maximum Gasteiger partial charge on any atom is 0.307 e. The van der Waals surface area contributed by atoms with E-state index in [-0.39, 0.29) is 18.2 Å². The highest BCUT2D eigenvalue weighted by atomic mass is 16.4. The number of amides is 1. The third-order valence-electron chi connectivity index (χ3n) is 2.61. The van der Waals surface area contributed by atoms with Gasteiger partial charge in [0.1, 0.15) is 0 Å². The Labute approximate surface area is 101 Å². The van der Waals surface area contributed by atoms with Gasteiger partial charge in [-0.25, -0.2) is 0 Å². The highest BCUT2D eigenvalue weighted by molar-refractivity contribution is 5.92. The van der Waals surface area contributed by atoms with Gasteiger partial charge in [0.2, 0.25) is 5.91 Å². The molecule has 0 heterocycles. The van der Waals surface area contributed by atoms with Crippen molar-refractivity contribution in [3.05, 3.63) is 29.8 Å². The SMILES string of the molecule is CCC(C)C(=O)Nc1cccc(CC(=O)O)c1. The molecule has 2 N–H and O–H groups in total. The van der Waals surface area contributed by atoms with Crippen LogP contribution in [0.2, 0.25) is 0 Å². The number of carbonyl (C=O) groups is 2. The predicted octanol–water partition coefficient (Wildman–Crippen LogP) is 2.30. The monoisotopic (exact) mass is 235 g/mol. The van der Waals surface area contributed by atoms with Crippen LogP contribution in [0.4, 0.5) is 5.69 Å². The van der Waals surface area contributed by atoms with Crippen LogP contribution < -0.4 is 5.32 Å². The fraction of sp³-hybridized carbons (Fsp3) is 0.385. The lowest BCUT2D eigenvalue weighted by Gasteiger charge is -2.10. The van der Waals surface area contributed by atoms with Gasteiger partial charge in [0, 0.05) is 11.6 Å². The number of benzene rings is 1. The maximum absolute atomic E-state index is 11.6. The zero-order valence-electron chi connectivity index (χ0n) is 10.1. The minimum Gasteiger partial charge on any atom is -0.481 e. The first-order valence-corrected chi connectivity index (χ1v) is 5.64. The van der Waals surface area contributed by atoms with Crippen molar-refractivity contribution in [2.45, 2.75) is 26.7 Å². The number of hydrogen-bond donors (Lipinski definition) is 2. The van der Waals surface area contributed by atoms with E-state index >= 15 is 0 Å². The van der Waals surface area contributed by atoms with Gasteiger partial charge in [-0.3, -0.25) is 9.59 Å². The van der Waals surface area contributed by atoms with Gasteiger partial charge in [-0.1, -0.05) is 26.0 Å². The van der Waals surface area contributed by atoms with Crippen molar-refractivity contribution >= 4 is 17.6 Å². The first-order valence-electron chi connectivity index (χ1n) is 5.64. The molecule has 0 saturated heterocycles. The lowest BCUT2D eigenvalue weighted by atomic mass is 10.1. The Morgan fingerprint density at radius 1 is 1.41 bits per heavy atom. The van der Waals surface area contributed by atoms with Gasteiger partial charge in [-0.05, 0) is 24.1 Å². The van der Waals surface area contributed by atoms with E-state index in [9.17, 15) is 9.59 Å². The highest BCUT2D eigenvalue weighted by Crippen LogP contribution is 2.13. The average Bonchev–Trinajstić information content (AvgIpc) is 2.27. The smallest absolute Gasteiger partial charge is 0.307 e. The molecule has 0 radical (unpaired) electrons. The van der Waals surface area contributed by atoms with E-state index in [1.54, 1.807) is 24.3 Å². The Hall–Kier alpha value is -1.84. The van der Waals surface area contributed by atoms with Crippen LogP contribution in [0, 0.1) is 5.92 Å². The average molecular weight is 235 g/mol. The molecule has 1 atom stereocenters. The highest BCUT2D eigenvalue weighted by Gasteiger charge is 2.10. The fourth-order valence-corrected chi connectivity index (χ4v) is 1.38. The number of rotatable bonds is 5. The molecule has 1 aromatic carbocycles. The van der Waals surface area contributed by atoms with E-state index in [4.69, 9.17) is 5.11 Å². The maximum atomic E-state index is 11.6. The van der Waals surface area contributed by atoms with E-state index in [0.29, 0.717) is 11.3 Å². The molecule has 92 valence electrons. The first kappa shape index (κ1) is 13.2. The van der Waals surface area contributed by atoms with Crippen molar-refractivity contribution in [1.29, 1.82) is 0 Å². The lowest BCUT2D eigenvalue weighted by Crippen LogP contribution is -2.19. The van der Waals surface area contributed by atoms with Crippen LogP contribution in [0.5, 0.6) is 0 Å². The van der Waals surface area contributed by atoms with Gasteiger partial charge < -0.3 is 10.4 Å². The number of aliphatic carboxylic acids is 1. The van der Waals surface area contributed by atoms with Crippen molar-refractivity contribution in [1.82, 2.24) is 0 Å². The summed E-state index contributed by atoms with van der Waals surface area (Å²) in [6.07, 6.45) is 0.744. The van der Waals surface area contributed by atoms with Crippen LogP contribution in [0.15, 0.2) is 24.3 Å². The van der Waals surface area contributed by atoms with E-state index in [1.165, 1.54) is 0 Å². The van der Waals surface area contributed by atoms with Crippen molar-refractivity contribution in [2.75, 3.05) is 5.32 Å². The Morgan fingerprint density at radius 2 is 2.12 bits per heavy atom. The van der Waals surface area contributed by atoms with Crippen LogP contribution in [-0.2, 0) is 16.0 Å². The molecule has 0 aliphatic carbocycles. The standard InChI is InChI=1S/C13H17NO3/c1-3-9(2)13(17)14-11-6-4-5-10(7-11)8-12(15)16/h4-7,9H,3,8H2,1-2H3,(H,14,17)(H,15,16). The molecule has 1 rings (SSSR count). The number of carboxylic acids is 1. The second-order valence-electron chi connectivity index (χ2n) is 4.07. The van der Waals surface area contributed by atoms with Gasteiger partial charge >= 0.3 is 5.97 Å². The summed E-state index contributed by atoms with van der Waals surface area (Å²) in [6.45, 7) is 3.81. The topological polar surface area (TPSA) is 66.4 Å². The molecular formula is C13H17NO3. The molecule has 0 aliphatic rings. The molecule has 4 heteroatoms.